The molecule has 0 aromatic carbocycles. The molecule has 0 nitrogen and oxygen atoms in total. The van der Waals surface area contributed by atoms with Gasteiger partial charge in [-0.3, -0.25) is 0 Å². The van der Waals surface area contributed by atoms with Gasteiger partial charge in [-0.05, 0) is 58.8 Å². The number of rotatable bonds is 19. The molecule has 0 saturated heterocycles. The number of allylic oxidation sites excluding steroid dienone is 4. The Morgan fingerprint density at radius 1 is 0.242 bits per heavy atom. The summed E-state index contributed by atoms with van der Waals surface area (Å²) in [5.74, 6) is 9.01. The normalized spacial score (nSPS) is 23.1. The summed E-state index contributed by atoms with van der Waals surface area (Å²) < 4.78 is 29.4. The number of thioether (sulfide) groups is 24. The molecule has 0 spiro atoms. The fraction of sp³-hybridized carbons (Fsp3) is 0.368. The lowest BCUT2D eigenvalue weighted by molar-refractivity contribution is 1.53. The highest BCUT2D eigenvalue weighted by Gasteiger charge is 2.36. The Balaban J connectivity index is 0.783. The maximum Gasteiger partial charge on any atom is 0.0718 e. The number of hydrogen-bond acceptors (Lipinski definition) is 24. The van der Waals surface area contributed by atoms with E-state index in [-0.39, 0.29) is 0 Å². The Morgan fingerprint density at radius 2 is 0.435 bits per heavy atom. The lowest BCUT2D eigenvalue weighted by atomic mass is 10.6. The fourth-order valence-corrected chi connectivity index (χ4v) is 40.4. The zero-order chi connectivity index (χ0) is 43.0. The minimum absolute atomic E-state index is 1.11. The van der Waals surface area contributed by atoms with Crippen molar-refractivity contribution >= 4 is 282 Å². The van der Waals surface area contributed by atoms with Gasteiger partial charge in [-0.25, -0.2) is 0 Å². The summed E-state index contributed by atoms with van der Waals surface area (Å²) >= 11 is 47.9. The molecule has 8 heterocycles. The van der Waals surface area contributed by atoms with Crippen molar-refractivity contribution < 1.29 is 0 Å². The van der Waals surface area contributed by atoms with E-state index >= 15 is 0 Å². The third kappa shape index (κ3) is 14.5. The van der Waals surface area contributed by atoms with Gasteiger partial charge in [0.15, 0.2) is 0 Å². The van der Waals surface area contributed by atoms with Crippen LogP contribution in [0.5, 0.6) is 0 Å². The maximum absolute atomic E-state index is 2.37. The third-order valence-electron chi connectivity index (χ3n) is 7.28. The van der Waals surface area contributed by atoms with Crippen molar-refractivity contribution in [2.75, 3.05) is 46.0 Å². The van der Waals surface area contributed by atoms with E-state index in [1.54, 1.807) is 0 Å². The van der Waals surface area contributed by atoms with E-state index in [1.165, 1.54) is 84.7 Å². The van der Waals surface area contributed by atoms with Crippen LogP contribution in [0.4, 0.5) is 0 Å². The van der Waals surface area contributed by atoms with Gasteiger partial charge in [0.05, 0.1) is 84.7 Å². The standard InChI is InChI=1S/C38H38S24/c1-7-39-23-29(49-19(47-23)13-15-21-51-31-32(52-21)60-37(59-31)35-55-25(41-9-3)26(56-35)42-10-4)45-17-18-46-30-24(40-8-2)48-20(50-30)14-16-22-53-33-34(54-22)62-38(61-33)36-57-27(43-11-5)28(58-36)44-12-6/h13-16H,7-12,17-18H2,1-6H3/b19-13-,20-14+. The predicted molar refractivity (Wildman–Crippen MR) is 344 cm³/mol. The largest absolute Gasteiger partial charge is 0.118 e. The van der Waals surface area contributed by atoms with Gasteiger partial charge >= 0.3 is 0 Å². The molecule has 62 heavy (non-hydrogen) atoms. The molecular formula is C38H38S24. The van der Waals surface area contributed by atoms with Gasteiger partial charge in [0.1, 0.15) is 0 Å². The SMILES string of the molecule is CCSC1=C(SCC)SC(=C2SC3=C(SC(=C/C=C4/SC(SCC)=C(SCCSC5=C(SCC)S/C(=C\C=C6SC7=C(S6)SC(=C6SC(SCC)=C(SCC)S6)S7)S5)S4)S3)S2)S1. The van der Waals surface area contributed by atoms with E-state index < -0.39 is 0 Å². The molecule has 0 unspecified atom stereocenters. The lowest BCUT2D eigenvalue weighted by Crippen LogP contribution is -1.84. The summed E-state index contributed by atoms with van der Waals surface area (Å²) in [4.78, 5) is 0. The first-order chi connectivity index (χ1) is 30.4. The smallest absolute Gasteiger partial charge is 0.0718 e. The molecule has 0 aromatic heterocycles. The van der Waals surface area contributed by atoms with Crippen LogP contribution >= 0.6 is 282 Å². The van der Waals surface area contributed by atoms with Gasteiger partial charge in [-0.15, -0.1) is 94.1 Å². The van der Waals surface area contributed by atoms with Crippen LogP contribution in [0.3, 0.4) is 0 Å². The molecule has 0 saturated carbocycles. The summed E-state index contributed by atoms with van der Waals surface area (Å²) in [5.41, 5.74) is 0. The first kappa shape index (κ1) is 53.6. The van der Waals surface area contributed by atoms with E-state index in [0.717, 1.165) is 46.0 Å². The second-order valence-electron chi connectivity index (χ2n) is 11.5. The topological polar surface area (TPSA) is 0 Å². The summed E-state index contributed by atoms with van der Waals surface area (Å²) in [7, 11) is 0. The van der Waals surface area contributed by atoms with E-state index in [1.807, 2.05) is 259 Å². The highest BCUT2D eigenvalue weighted by molar-refractivity contribution is 8.51. The molecule has 0 aliphatic carbocycles. The van der Waals surface area contributed by atoms with E-state index in [2.05, 4.69) is 89.4 Å². The molecule has 334 valence electrons. The lowest BCUT2D eigenvalue weighted by Gasteiger charge is -2.06. The van der Waals surface area contributed by atoms with Crippen LogP contribution in [0.2, 0.25) is 0 Å². The van der Waals surface area contributed by atoms with Crippen molar-refractivity contribution in [3.05, 3.63) is 109 Å². The Bertz CT molecular complexity index is 1940. The van der Waals surface area contributed by atoms with E-state index in [4.69, 9.17) is 0 Å². The van der Waals surface area contributed by atoms with Crippen LogP contribution in [-0.4, -0.2) is 46.0 Å². The molecular weight excluding hydrogens is 1230 g/mol. The van der Waals surface area contributed by atoms with Crippen molar-refractivity contribution in [3.8, 4) is 0 Å². The fourth-order valence-electron chi connectivity index (χ4n) is 4.96. The summed E-state index contributed by atoms with van der Waals surface area (Å²) in [6.07, 6.45) is 9.48. The highest BCUT2D eigenvalue weighted by Crippen LogP contribution is 2.72. The minimum Gasteiger partial charge on any atom is -0.118 e. The highest BCUT2D eigenvalue weighted by atomic mass is 32.3. The summed E-state index contributed by atoms with van der Waals surface area (Å²) in [6.45, 7) is 13.6. The van der Waals surface area contributed by atoms with Crippen LogP contribution in [0.1, 0.15) is 41.5 Å². The first-order valence-electron chi connectivity index (χ1n) is 19.0. The van der Waals surface area contributed by atoms with Gasteiger partial charge in [0, 0.05) is 11.5 Å². The Labute approximate surface area is 471 Å². The Morgan fingerprint density at radius 3 is 0.694 bits per heavy atom. The first-order valence-corrected chi connectivity index (χ1v) is 40.0. The van der Waals surface area contributed by atoms with Gasteiger partial charge in [-0.2, -0.15) is 0 Å². The van der Waals surface area contributed by atoms with Crippen LogP contribution in [0.15, 0.2) is 109 Å². The van der Waals surface area contributed by atoms with Crippen LogP contribution in [0.25, 0.3) is 0 Å². The van der Waals surface area contributed by atoms with Gasteiger partial charge in [0.25, 0.3) is 0 Å². The van der Waals surface area contributed by atoms with Crippen molar-refractivity contribution in [1.82, 2.24) is 0 Å². The monoisotopic (exact) mass is 1260 g/mol. The molecule has 0 fully saturated rings. The second-order valence-corrected chi connectivity index (χ2v) is 43.1. The quantitative estimate of drug-likeness (QED) is 0.113. The second kappa shape index (κ2) is 27.5. The molecule has 8 aliphatic heterocycles. The summed E-state index contributed by atoms with van der Waals surface area (Å²) in [6, 6.07) is 0. The molecule has 8 aliphatic rings. The molecule has 0 amide bonds. The van der Waals surface area contributed by atoms with E-state index in [0.29, 0.717) is 0 Å². The van der Waals surface area contributed by atoms with Crippen molar-refractivity contribution in [2.45, 2.75) is 41.5 Å². The summed E-state index contributed by atoms with van der Waals surface area (Å²) in [5, 5.41) is 0. The van der Waals surface area contributed by atoms with E-state index in [9.17, 15) is 0 Å². The van der Waals surface area contributed by atoms with Crippen molar-refractivity contribution in [2.24, 2.45) is 0 Å². The zero-order valence-electron chi connectivity index (χ0n) is 33.8. The minimum atomic E-state index is 1.11. The predicted octanol–water partition coefficient (Wildman–Crippen LogP) is 23.2. The van der Waals surface area contributed by atoms with Crippen LogP contribution < -0.4 is 0 Å². The average Bonchev–Trinajstić information content (AvgIpc) is 4.12. The number of hydrogen-bond donors (Lipinski definition) is 0. The zero-order valence-corrected chi connectivity index (χ0v) is 53.4. The molecule has 0 N–H and O–H groups in total. The Hall–Kier alpha value is 5.28. The van der Waals surface area contributed by atoms with Gasteiger partial charge < -0.3 is 0 Å². The maximum atomic E-state index is 2.37. The van der Waals surface area contributed by atoms with Crippen LogP contribution in [0, 0.1) is 0 Å². The van der Waals surface area contributed by atoms with Crippen molar-refractivity contribution in [3.63, 3.8) is 0 Å². The molecule has 24 heteroatoms. The third-order valence-corrected chi connectivity index (χ3v) is 40.8. The molecule has 0 radical (unpaired) electrons. The average molecular weight is 1260 g/mol. The molecule has 0 aromatic rings. The molecule has 0 bridgehead atoms. The van der Waals surface area contributed by atoms with Crippen LogP contribution in [-0.2, 0) is 0 Å². The molecule has 0 atom stereocenters. The Kier molecular flexibility index (Phi) is 23.8. The van der Waals surface area contributed by atoms with Gasteiger partial charge in [0.2, 0.25) is 0 Å². The van der Waals surface area contributed by atoms with Gasteiger partial charge in [-0.1, -0.05) is 230 Å². The van der Waals surface area contributed by atoms with Crippen molar-refractivity contribution in [1.29, 1.82) is 0 Å². The molecule has 8 rings (SSSR count).